The second-order valence-electron chi connectivity index (χ2n) is 4.85. The fourth-order valence-corrected chi connectivity index (χ4v) is 2.79. The van der Waals surface area contributed by atoms with Gasteiger partial charge >= 0.3 is 0 Å². The zero-order chi connectivity index (χ0) is 15.4. The first-order valence-electron chi connectivity index (χ1n) is 6.52. The van der Waals surface area contributed by atoms with Crippen LogP contribution in [0.3, 0.4) is 0 Å². The van der Waals surface area contributed by atoms with Gasteiger partial charge in [-0.25, -0.2) is 8.78 Å². The maximum absolute atomic E-state index is 13.6. The number of hydrogen-bond donors (Lipinski definition) is 1. The van der Waals surface area contributed by atoms with Crippen LogP contribution in [0.25, 0.3) is 0 Å². The van der Waals surface area contributed by atoms with E-state index in [1.807, 2.05) is 18.2 Å². The van der Waals surface area contributed by atoms with Gasteiger partial charge in [0.15, 0.2) is 11.6 Å². The maximum atomic E-state index is 13.6. The molecule has 0 aromatic heterocycles. The largest absolute Gasteiger partial charge is 0.496 e. The summed E-state index contributed by atoms with van der Waals surface area (Å²) >= 11 is 3.41. The minimum atomic E-state index is -0.841. The van der Waals surface area contributed by atoms with Crippen LogP contribution in [0.4, 0.5) is 8.78 Å². The van der Waals surface area contributed by atoms with Crippen molar-refractivity contribution in [1.29, 1.82) is 0 Å². The summed E-state index contributed by atoms with van der Waals surface area (Å²) < 4.78 is 32.8. The molecule has 0 fully saturated rings. The summed E-state index contributed by atoms with van der Waals surface area (Å²) in [5.41, 5.74) is 7.35. The first-order valence-corrected chi connectivity index (χ1v) is 7.31. The first-order chi connectivity index (χ1) is 10.0. The van der Waals surface area contributed by atoms with E-state index in [1.54, 1.807) is 13.2 Å². The molecule has 1 unspecified atom stereocenters. The van der Waals surface area contributed by atoms with Crippen molar-refractivity contribution in [2.75, 3.05) is 7.11 Å². The van der Waals surface area contributed by atoms with E-state index in [9.17, 15) is 8.78 Å². The molecule has 1 atom stereocenters. The SMILES string of the molecule is COc1ccc(CC(N)Cc2cccc(F)c2F)cc1Br. The number of benzene rings is 2. The molecule has 2 N–H and O–H groups in total. The third kappa shape index (κ3) is 4.02. The molecule has 0 spiro atoms. The number of hydrogen-bond acceptors (Lipinski definition) is 2. The number of methoxy groups -OCH3 is 1. The molecule has 0 radical (unpaired) electrons. The summed E-state index contributed by atoms with van der Waals surface area (Å²) in [6.45, 7) is 0. The van der Waals surface area contributed by atoms with Crippen LogP contribution < -0.4 is 10.5 Å². The highest BCUT2D eigenvalue weighted by Crippen LogP contribution is 2.26. The predicted octanol–water partition coefficient (Wildman–Crippen LogP) is 3.85. The van der Waals surface area contributed by atoms with Crippen LogP contribution in [0.1, 0.15) is 11.1 Å². The minimum absolute atomic E-state index is 0.285. The summed E-state index contributed by atoms with van der Waals surface area (Å²) in [5, 5.41) is 0. The van der Waals surface area contributed by atoms with E-state index in [4.69, 9.17) is 10.5 Å². The molecule has 21 heavy (non-hydrogen) atoms. The molecule has 0 saturated heterocycles. The van der Waals surface area contributed by atoms with Gasteiger partial charge in [0.1, 0.15) is 5.75 Å². The first kappa shape index (κ1) is 15.9. The standard InChI is InChI=1S/C16H16BrF2NO/c1-21-15-6-5-10(8-13(15)17)7-12(20)9-11-3-2-4-14(18)16(11)19/h2-6,8,12H,7,9,20H2,1H3. The highest BCUT2D eigenvalue weighted by Gasteiger charge is 2.12. The number of halogens is 3. The van der Waals surface area contributed by atoms with Gasteiger partial charge in [-0.05, 0) is 58.1 Å². The van der Waals surface area contributed by atoms with Crippen molar-refractivity contribution >= 4 is 15.9 Å². The average Bonchev–Trinajstić information content (AvgIpc) is 2.44. The van der Waals surface area contributed by atoms with Gasteiger partial charge in [-0.15, -0.1) is 0 Å². The summed E-state index contributed by atoms with van der Waals surface area (Å²) in [4.78, 5) is 0. The Morgan fingerprint density at radius 1 is 1.19 bits per heavy atom. The van der Waals surface area contributed by atoms with Crippen molar-refractivity contribution in [3.05, 3.63) is 63.6 Å². The predicted molar refractivity (Wildman–Crippen MR) is 82.4 cm³/mol. The number of nitrogens with two attached hydrogens (primary N) is 1. The molecular formula is C16H16BrF2NO. The molecule has 2 aromatic rings. The molecule has 2 aromatic carbocycles. The maximum Gasteiger partial charge on any atom is 0.162 e. The minimum Gasteiger partial charge on any atom is -0.496 e. The molecule has 0 aliphatic rings. The van der Waals surface area contributed by atoms with Crippen LogP contribution in [-0.2, 0) is 12.8 Å². The van der Waals surface area contributed by atoms with E-state index in [-0.39, 0.29) is 12.5 Å². The molecule has 112 valence electrons. The molecule has 0 amide bonds. The average molecular weight is 356 g/mol. The topological polar surface area (TPSA) is 35.2 Å². The molecule has 0 aliphatic carbocycles. The Labute approximate surface area is 131 Å². The lowest BCUT2D eigenvalue weighted by atomic mass is 9.99. The monoisotopic (exact) mass is 355 g/mol. The molecule has 0 saturated carbocycles. The van der Waals surface area contributed by atoms with Gasteiger partial charge < -0.3 is 10.5 Å². The second kappa shape index (κ2) is 7.00. The van der Waals surface area contributed by atoms with Gasteiger partial charge in [0.25, 0.3) is 0 Å². The lowest BCUT2D eigenvalue weighted by Gasteiger charge is -2.13. The Kier molecular flexibility index (Phi) is 5.31. The Balaban J connectivity index is 2.06. The molecule has 0 bridgehead atoms. The van der Waals surface area contributed by atoms with Gasteiger partial charge in [-0.2, -0.15) is 0 Å². The third-order valence-electron chi connectivity index (χ3n) is 3.23. The molecule has 5 heteroatoms. The molecule has 2 rings (SSSR count). The van der Waals surface area contributed by atoms with Crippen LogP contribution in [0, 0.1) is 11.6 Å². The number of rotatable bonds is 5. The van der Waals surface area contributed by atoms with Gasteiger partial charge in [0.05, 0.1) is 11.6 Å². The summed E-state index contributed by atoms with van der Waals surface area (Å²) in [6.07, 6.45) is 0.853. The van der Waals surface area contributed by atoms with Crippen molar-refractivity contribution in [1.82, 2.24) is 0 Å². The normalized spacial score (nSPS) is 12.2. The van der Waals surface area contributed by atoms with E-state index in [0.717, 1.165) is 21.9 Å². The lowest BCUT2D eigenvalue weighted by Crippen LogP contribution is -2.26. The molecule has 2 nitrogen and oxygen atoms in total. The van der Waals surface area contributed by atoms with Crippen LogP contribution in [0.5, 0.6) is 5.75 Å². The Bertz CT molecular complexity index is 634. The van der Waals surface area contributed by atoms with E-state index in [2.05, 4.69) is 15.9 Å². The second-order valence-corrected chi connectivity index (χ2v) is 5.70. The van der Waals surface area contributed by atoms with Gasteiger partial charge in [-0.3, -0.25) is 0 Å². The van der Waals surface area contributed by atoms with Gasteiger partial charge in [0.2, 0.25) is 0 Å². The summed E-state index contributed by atoms with van der Waals surface area (Å²) in [5.74, 6) is -0.917. The zero-order valence-electron chi connectivity index (χ0n) is 11.6. The zero-order valence-corrected chi connectivity index (χ0v) is 13.2. The van der Waals surface area contributed by atoms with Crippen LogP contribution in [0.15, 0.2) is 40.9 Å². The Morgan fingerprint density at radius 3 is 2.62 bits per heavy atom. The highest BCUT2D eigenvalue weighted by atomic mass is 79.9. The van der Waals surface area contributed by atoms with Crippen molar-refractivity contribution in [2.45, 2.75) is 18.9 Å². The molecule has 0 aliphatic heterocycles. The fraction of sp³-hybridized carbons (Fsp3) is 0.250. The summed E-state index contributed by atoms with van der Waals surface area (Å²) in [6, 6.07) is 9.53. The van der Waals surface area contributed by atoms with Crippen LogP contribution in [0.2, 0.25) is 0 Å². The van der Waals surface area contributed by atoms with E-state index < -0.39 is 11.6 Å². The molecular weight excluding hydrogens is 340 g/mol. The van der Waals surface area contributed by atoms with Gasteiger partial charge in [0, 0.05) is 6.04 Å². The third-order valence-corrected chi connectivity index (χ3v) is 3.85. The smallest absolute Gasteiger partial charge is 0.162 e. The van der Waals surface area contributed by atoms with Crippen molar-refractivity contribution in [3.8, 4) is 5.75 Å². The van der Waals surface area contributed by atoms with Crippen molar-refractivity contribution in [3.63, 3.8) is 0 Å². The number of ether oxygens (including phenoxy) is 1. The van der Waals surface area contributed by atoms with Crippen molar-refractivity contribution in [2.24, 2.45) is 5.73 Å². The van der Waals surface area contributed by atoms with Crippen LogP contribution in [-0.4, -0.2) is 13.2 Å². The quantitative estimate of drug-likeness (QED) is 0.883. The Hall–Kier alpha value is -1.46. The summed E-state index contributed by atoms with van der Waals surface area (Å²) in [7, 11) is 1.60. The fourth-order valence-electron chi connectivity index (χ4n) is 2.20. The van der Waals surface area contributed by atoms with E-state index >= 15 is 0 Å². The highest BCUT2D eigenvalue weighted by molar-refractivity contribution is 9.10. The lowest BCUT2D eigenvalue weighted by molar-refractivity contribution is 0.412. The van der Waals surface area contributed by atoms with E-state index in [1.165, 1.54) is 6.07 Å². The van der Waals surface area contributed by atoms with Crippen molar-refractivity contribution < 1.29 is 13.5 Å². The van der Waals surface area contributed by atoms with Gasteiger partial charge in [-0.1, -0.05) is 18.2 Å². The van der Waals surface area contributed by atoms with Crippen LogP contribution >= 0.6 is 15.9 Å². The van der Waals surface area contributed by atoms with E-state index in [0.29, 0.717) is 12.0 Å². The molecule has 0 heterocycles. The Morgan fingerprint density at radius 2 is 1.95 bits per heavy atom.